The molecule has 0 aromatic carbocycles. The zero-order chi connectivity index (χ0) is 17.1. The molecule has 0 aromatic rings. The number of guanidine groups is 1. The summed E-state index contributed by atoms with van der Waals surface area (Å²) < 4.78 is 5.91. The molecule has 0 saturated heterocycles. The molecule has 3 N–H and O–H groups in total. The summed E-state index contributed by atoms with van der Waals surface area (Å²) in [5.74, 6) is 0.737. The van der Waals surface area contributed by atoms with Gasteiger partial charge in [-0.3, -0.25) is 9.79 Å². The maximum atomic E-state index is 11.8. The first-order valence-electron chi connectivity index (χ1n) is 8.78. The molecule has 1 aliphatic rings. The predicted octanol–water partition coefficient (Wildman–Crippen LogP) is 2.28. The van der Waals surface area contributed by atoms with E-state index >= 15 is 0 Å². The molecule has 142 valence electrons. The Balaban J connectivity index is 0.00000529. The highest BCUT2D eigenvalue weighted by atomic mass is 127. The van der Waals surface area contributed by atoms with Crippen LogP contribution in [0.1, 0.15) is 52.4 Å². The smallest absolute Gasteiger partial charge is 0.227 e. The summed E-state index contributed by atoms with van der Waals surface area (Å²) in [5, 5.41) is 9.15. The van der Waals surface area contributed by atoms with E-state index in [4.69, 9.17) is 4.74 Å². The molecular formula is C17H35IN4O2. The molecule has 1 saturated carbocycles. The van der Waals surface area contributed by atoms with Crippen molar-refractivity contribution < 1.29 is 9.53 Å². The Kier molecular flexibility index (Phi) is 12.4. The zero-order valence-corrected chi connectivity index (χ0v) is 17.9. The summed E-state index contributed by atoms with van der Waals surface area (Å²) >= 11 is 0. The van der Waals surface area contributed by atoms with Crippen LogP contribution in [-0.4, -0.2) is 51.8 Å². The van der Waals surface area contributed by atoms with Gasteiger partial charge in [-0.2, -0.15) is 0 Å². The van der Waals surface area contributed by atoms with E-state index in [2.05, 4.69) is 20.9 Å². The SMILES string of the molecule is CN=C(NCCCOC1CCCCC1)NCC(C)(C)C(=O)NC.I. The lowest BCUT2D eigenvalue weighted by atomic mass is 9.92. The maximum absolute atomic E-state index is 11.8. The highest BCUT2D eigenvalue weighted by Gasteiger charge is 2.26. The number of carbonyl (C=O) groups excluding carboxylic acids is 1. The molecule has 1 rings (SSSR count). The molecule has 0 spiro atoms. The van der Waals surface area contributed by atoms with Crippen LogP contribution in [0.25, 0.3) is 0 Å². The van der Waals surface area contributed by atoms with Crippen molar-refractivity contribution in [2.45, 2.75) is 58.5 Å². The Bertz CT molecular complexity index is 383. The minimum Gasteiger partial charge on any atom is -0.378 e. The van der Waals surface area contributed by atoms with Gasteiger partial charge in [-0.15, -0.1) is 24.0 Å². The van der Waals surface area contributed by atoms with E-state index < -0.39 is 5.41 Å². The minimum absolute atomic E-state index is 0. The summed E-state index contributed by atoms with van der Waals surface area (Å²) in [6.45, 7) is 5.95. The maximum Gasteiger partial charge on any atom is 0.227 e. The van der Waals surface area contributed by atoms with Crippen molar-refractivity contribution in [3.05, 3.63) is 0 Å². The van der Waals surface area contributed by atoms with Crippen molar-refractivity contribution >= 4 is 35.8 Å². The largest absolute Gasteiger partial charge is 0.378 e. The molecule has 0 aromatic heterocycles. The molecule has 24 heavy (non-hydrogen) atoms. The van der Waals surface area contributed by atoms with Gasteiger partial charge in [-0.1, -0.05) is 19.3 Å². The van der Waals surface area contributed by atoms with Crippen molar-refractivity contribution in [1.29, 1.82) is 0 Å². The first-order chi connectivity index (χ1) is 11.0. The van der Waals surface area contributed by atoms with E-state index in [0.717, 1.165) is 25.5 Å². The lowest BCUT2D eigenvalue weighted by Gasteiger charge is -2.24. The first kappa shape index (κ1) is 23.4. The first-order valence-corrected chi connectivity index (χ1v) is 8.78. The third-order valence-corrected chi connectivity index (χ3v) is 4.28. The molecular weight excluding hydrogens is 419 g/mol. The number of hydrogen-bond donors (Lipinski definition) is 3. The molecule has 7 heteroatoms. The Hall–Kier alpha value is -0.570. The Labute approximate surface area is 164 Å². The molecule has 1 amide bonds. The van der Waals surface area contributed by atoms with Gasteiger partial charge in [-0.05, 0) is 33.1 Å². The van der Waals surface area contributed by atoms with Crippen LogP contribution in [0.5, 0.6) is 0 Å². The van der Waals surface area contributed by atoms with Gasteiger partial charge in [-0.25, -0.2) is 0 Å². The van der Waals surface area contributed by atoms with Crippen molar-refractivity contribution in [2.24, 2.45) is 10.4 Å². The molecule has 0 aliphatic heterocycles. The van der Waals surface area contributed by atoms with Crippen molar-refractivity contribution in [3.8, 4) is 0 Å². The number of halogens is 1. The second-order valence-electron chi connectivity index (χ2n) is 6.80. The van der Waals surface area contributed by atoms with Crippen LogP contribution >= 0.6 is 24.0 Å². The average Bonchev–Trinajstić information content (AvgIpc) is 2.57. The molecule has 1 aliphatic carbocycles. The van der Waals surface area contributed by atoms with Gasteiger partial charge in [0.2, 0.25) is 5.91 Å². The quantitative estimate of drug-likeness (QED) is 0.228. The minimum atomic E-state index is -0.476. The van der Waals surface area contributed by atoms with Gasteiger partial charge in [0.1, 0.15) is 0 Å². The Morgan fingerprint density at radius 2 is 1.88 bits per heavy atom. The number of amides is 1. The summed E-state index contributed by atoms with van der Waals surface area (Å²) in [4.78, 5) is 15.9. The second kappa shape index (κ2) is 12.7. The third kappa shape index (κ3) is 9.05. The molecule has 0 atom stereocenters. The molecule has 0 bridgehead atoms. The van der Waals surface area contributed by atoms with Crippen molar-refractivity contribution in [3.63, 3.8) is 0 Å². The van der Waals surface area contributed by atoms with Gasteiger partial charge in [0.05, 0.1) is 11.5 Å². The highest BCUT2D eigenvalue weighted by molar-refractivity contribution is 14.0. The van der Waals surface area contributed by atoms with E-state index in [1.54, 1.807) is 14.1 Å². The topological polar surface area (TPSA) is 74.8 Å². The number of hydrogen-bond acceptors (Lipinski definition) is 3. The molecule has 0 radical (unpaired) electrons. The number of aliphatic imine (C=N–C) groups is 1. The van der Waals surface area contributed by atoms with Gasteiger partial charge < -0.3 is 20.7 Å². The lowest BCUT2D eigenvalue weighted by molar-refractivity contribution is -0.128. The molecule has 0 unspecified atom stereocenters. The van der Waals surface area contributed by atoms with Crippen LogP contribution in [0, 0.1) is 5.41 Å². The van der Waals surface area contributed by atoms with Gasteiger partial charge >= 0.3 is 0 Å². The molecule has 1 fully saturated rings. The van der Waals surface area contributed by atoms with E-state index in [1.807, 2.05) is 13.8 Å². The van der Waals surface area contributed by atoms with Gasteiger partial charge in [0.25, 0.3) is 0 Å². The zero-order valence-electron chi connectivity index (χ0n) is 15.6. The van der Waals surface area contributed by atoms with E-state index in [0.29, 0.717) is 12.6 Å². The van der Waals surface area contributed by atoms with Crippen LogP contribution in [-0.2, 0) is 9.53 Å². The number of ether oxygens (including phenoxy) is 1. The number of rotatable bonds is 8. The Morgan fingerprint density at radius 3 is 2.46 bits per heavy atom. The second-order valence-corrected chi connectivity index (χ2v) is 6.80. The van der Waals surface area contributed by atoms with Crippen LogP contribution in [0.15, 0.2) is 4.99 Å². The summed E-state index contributed by atoms with van der Waals surface area (Å²) in [6, 6.07) is 0. The Morgan fingerprint density at radius 1 is 1.21 bits per heavy atom. The standard InChI is InChI=1S/C17H34N4O2.HI/c1-17(2,15(22)18-3)13-21-16(19-4)20-11-8-12-23-14-9-6-5-7-10-14;/h14H,5-13H2,1-4H3,(H,18,22)(H2,19,20,21);1H. The highest BCUT2D eigenvalue weighted by Crippen LogP contribution is 2.20. The number of nitrogens with zero attached hydrogens (tertiary/aromatic N) is 1. The number of nitrogens with one attached hydrogen (secondary N) is 3. The fourth-order valence-electron chi connectivity index (χ4n) is 2.70. The van der Waals surface area contributed by atoms with Crippen LogP contribution in [0.4, 0.5) is 0 Å². The average molecular weight is 454 g/mol. The van der Waals surface area contributed by atoms with Crippen LogP contribution < -0.4 is 16.0 Å². The summed E-state index contributed by atoms with van der Waals surface area (Å²) in [5.41, 5.74) is -0.476. The molecule has 0 heterocycles. The fraction of sp³-hybridized carbons (Fsp3) is 0.882. The van der Waals surface area contributed by atoms with Gasteiger partial charge in [0.15, 0.2) is 5.96 Å². The fourth-order valence-corrected chi connectivity index (χ4v) is 2.70. The van der Waals surface area contributed by atoms with E-state index in [9.17, 15) is 4.79 Å². The van der Waals surface area contributed by atoms with E-state index in [1.165, 1.54) is 32.1 Å². The normalized spacial score (nSPS) is 16.2. The van der Waals surface area contributed by atoms with Crippen LogP contribution in [0.2, 0.25) is 0 Å². The van der Waals surface area contributed by atoms with Crippen molar-refractivity contribution in [2.75, 3.05) is 33.8 Å². The monoisotopic (exact) mass is 454 g/mol. The molecule has 6 nitrogen and oxygen atoms in total. The third-order valence-electron chi connectivity index (χ3n) is 4.28. The van der Waals surface area contributed by atoms with Crippen LogP contribution in [0.3, 0.4) is 0 Å². The predicted molar refractivity (Wildman–Crippen MR) is 110 cm³/mol. The van der Waals surface area contributed by atoms with Crippen molar-refractivity contribution in [1.82, 2.24) is 16.0 Å². The summed E-state index contributed by atoms with van der Waals surface area (Å²) in [7, 11) is 3.39. The van der Waals surface area contributed by atoms with Gasteiger partial charge in [0, 0.05) is 33.8 Å². The summed E-state index contributed by atoms with van der Waals surface area (Å²) in [6.07, 6.45) is 7.82. The lowest BCUT2D eigenvalue weighted by Crippen LogP contribution is -2.47. The number of carbonyl (C=O) groups is 1. The van der Waals surface area contributed by atoms with E-state index in [-0.39, 0.29) is 29.9 Å².